The van der Waals surface area contributed by atoms with E-state index in [1.807, 2.05) is 87.5 Å². The second kappa shape index (κ2) is 13.4. The van der Waals surface area contributed by atoms with E-state index in [0.29, 0.717) is 36.7 Å². The molecule has 0 radical (unpaired) electrons. The third-order valence-corrected chi connectivity index (χ3v) is 8.50. The van der Waals surface area contributed by atoms with Crippen LogP contribution in [-0.4, -0.2) is 50.8 Å². The summed E-state index contributed by atoms with van der Waals surface area (Å²) in [6.07, 6.45) is 2.08. The van der Waals surface area contributed by atoms with E-state index in [4.69, 9.17) is 14.5 Å². The topological polar surface area (TPSA) is 110 Å². The maximum Gasteiger partial charge on any atom is 0.410 e. The van der Waals surface area contributed by atoms with Gasteiger partial charge in [-0.3, -0.25) is 4.79 Å². The van der Waals surface area contributed by atoms with E-state index in [0.717, 1.165) is 50.5 Å². The number of carbonyl (C=O) groups excluding carboxylic acids is 2. The molecule has 0 spiro atoms. The Balaban J connectivity index is 1.02. The van der Waals surface area contributed by atoms with Crippen LogP contribution in [0.4, 0.5) is 22.1 Å². The van der Waals surface area contributed by atoms with Gasteiger partial charge in [-0.2, -0.15) is 5.10 Å². The Bertz CT molecular complexity index is 2190. The van der Waals surface area contributed by atoms with Gasteiger partial charge in [0.25, 0.3) is 5.91 Å². The van der Waals surface area contributed by atoms with Crippen molar-refractivity contribution in [3.8, 4) is 28.1 Å². The molecule has 10 nitrogen and oxygen atoms in total. The van der Waals surface area contributed by atoms with E-state index >= 15 is 0 Å². The minimum atomic E-state index is -0.547. The number of amides is 2. The number of nitrogens with one attached hydrogen (secondary N) is 2. The average Bonchev–Trinajstić information content (AvgIpc) is 3.61. The number of aromatic nitrogens is 3. The lowest BCUT2D eigenvalue weighted by Gasteiger charge is -2.31. The zero-order valence-corrected chi connectivity index (χ0v) is 28.4. The minimum absolute atomic E-state index is 0.201. The third-order valence-electron chi connectivity index (χ3n) is 8.50. The lowest BCUT2D eigenvalue weighted by molar-refractivity contribution is 0.0223. The van der Waals surface area contributed by atoms with Crippen LogP contribution in [0.25, 0.3) is 27.9 Å². The number of methoxy groups -OCH3 is 1. The highest BCUT2D eigenvalue weighted by atomic mass is 16.6. The number of hydrogen-bond donors (Lipinski definition) is 2. The molecule has 1 aliphatic rings. The summed E-state index contributed by atoms with van der Waals surface area (Å²) < 4.78 is 12.7. The number of ether oxygens (including phenoxy) is 2. The molecule has 2 aromatic heterocycles. The van der Waals surface area contributed by atoms with Gasteiger partial charge in [0.15, 0.2) is 0 Å². The summed E-state index contributed by atoms with van der Waals surface area (Å²) in [5.74, 6) is 1.18. The quantitative estimate of drug-likeness (QED) is 0.176. The van der Waals surface area contributed by atoms with Crippen LogP contribution in [0.5, 0.6) is 5.75 Å². The van der Waals surface area contributed by atoms with Crippen LogP contribution in [0.2, 0.25) is 0 Å². The van der Waals surface area contributed by atoms with E-state index in [-0.39, 0.29) is 12.0 Å². The first-order chi connectivity index (χ1) is 24.1. The lowest BCUT2D eigenvalue weighted by atomic mass is 9.97. The molecule has 0 aliphatic carbocycles. The van der Waals surface area contributed by atoms with Gasteiger partial charge in [0.1, 0.15) is 11.4 Å². The Morgan fingerprint density at radius 1 is 0.800 bits per heavy atom. The number of nitrogens with zero attached hydrogens (tertiary/aromatic N) is 4. The van der Waals surface area contributed by atoms with Crippen molar-refractivity contribution in [3.05, 3.63) is 126 Å². The van der Waals surface area contributed by atoms with Crippen molar-refractivity contribution >= 4 is 34.8 Å². The monoisotopic (exact) mass is 666 g/mol. The van der Waals surface area contributed by atoms with Crippen molar-refractivity contribution in [1.29, 1.82) is 0 Å². The molecular formula is C40H38N6O4. The summed E-state index contributed by atoms with van der Waals surface area (Å²) in [4.78, 5) is 32.3. The average molecular weight is 667 g/mol. The second-order valence-electron chi connectivity index (χ2n) is 13.2. The van der Waals surface area contributed by atoms with Crippen LogP contribution >= 0.6 is 0 Å². The van der Waals surface area contributed by atoms with Gasteiger partial charge in [-0.25, -0.2) is 14.3 Å². The Morgan fingerprint density at radius 3 is 2.32 bits per heavy atom. The zero-order valence-electron chi connectivity index (χ0n) is 28.4. The van der Waals surface area contributed by atoms with E-state index in [1.165, 1.54) is 0 Å². The van der Waals surface area contributed by atoms with Crippen LogP contribution < -0.4 is 15.4 Å². The van der Waals surface area contributed by atoms with Gasteiger partial charge in [-0.15, -0.1) is 0 Å². The Labute approximate surface area is 290 Å². The summed E-state index contributed by atoms with van der Waals surface area (Å²) in [5, 5.41) is 10.9. The number of carbonyl (C=O) groups is 2. The van der Waals surface area contributed by atoms with Gasteiger partial charge in [-0.1, -0.05) is 42.5 Å². The zero-order chi connectivity index (χ0) is 34.8. The highest BCUT2D eigenvalue weighted by Gasteiger charge is 2.26. The fraction of sp³-hybridized carbons (Fsp3) is 0.200. The summed E-state index contributed by atoms with van der Waals surface area (Å²) in [6, 6.07) is 33.3. The first-order valence-electron chi connectivity index (χ1n) is 16.5. The van der Waals surface area contributed by atoms with Crippen LogP contribution in [0.15, 0.2) is 109 Å². The molecule has 1 aliphatic heterocycles. The summed E-state index contributed by atoms with van der Waals surface area (Å²) in [6.45, 7) is 6.58. The number of fused-ring (bicyclic) bond motifs is 2. The highest BCUT2D eigenvalue weighted by molar-refractivity contribution is 6.04. The third kappa shape index (κ3) is 7.14. The normalized spacial score (nSPS) is 12.7. The van der Waals surface area contributed by atoms with Crippen molar-refractivity contribution < 1.29 is 19.1 Å². The molecule has 0 atom stereocenters. The molecule has 50 heavy (non-hydrogen) atoms. The second-order valence-corrected chi connectivity index (χ2v) is 13.2. The molecule has 6 aromatic rings. The maximum absolute atomic E-state index is 13.2. The van der Waals surface area contributed by atoms with Crippen molar-refractivity contribution in [1.82, 2.24) is 19.5 Å². The molecule has 7 rings (SSSR count). The number of hydrogen-bond acceptors (Lipinski definition) is 7. The molecule has 10 heteroatoms. The largest absolute Gasteiger partial charge is 0.497 e. The number of benzene rings is 4. The number of anilines is 3. The van der Waals surface area contributed by atoms with Gasteiger partial charge in [-0.05, 0) is 110 Å². The van der Waals surface area contributed by atoms with Crippen LogP contribution in [-0.2, 0) is 17.7 Å². The Morgan fingerprint density at radius 2 is 1.56 bits per heavy atom. The fourth-order valence-corrected chi connectivity index (χ4v) is 5.94. The van der Waals surface area contributed by atoms with Gasteiger partial charge in [0.05, 0.1) is 24.5 Å². The molecule has 0 saturated heterocycles. The predicted octanol–water partition coefficient (Wildman–Crippen LogP) is 8.36. The fourth-order valence-electron chi connectivity index (χ4n) is 5.94. The van der Waals surface area contributed by atoms with Crippen LogP contribution in [0.3, 0.4) is 0 Å². The molecule has 252 valence electrons. The predicted molar refractivity (Wildman–Crippen MR) is 195 cm³/mol. The van der Waals surface area contributed by atoms with E-state index in [1.54, 1.807) is 28.8 Å². The molecule has 2 amide bonds. The van der Waals surface area contributed by atoms with Crippen molar-refractivity contribution in [2.45, 2.75) is 39.3 Å². The molecule has 4 aromatic carbocycles. The molecule has 0 bridgehead atoms. The van der Waals surface area contributed by atoms with E-state index < -0.39 is 5.60 Å². The molecular weight excluding hydrogens is 628 g/mol. The van der Waals surface area contributed by atoms with Gasteiger partial charge >= 0.3 is 6.09 Å². The van der Waals surface area contributed by atoms with Crippen molar-refractivity contribution in [3.63, 3.8) is 0 Å². The first-order valence-corrected chi connectivity index (χ1v) is 16.5. The van der Waals surface area contributed by atoms with Crippen LogP contribution in [0.1, 0.15) is 42.3 Å². The van der Waals surface area contributed by atoms with E-state index in [9.17, 15) is 9.59 Å². The van der Waals surface area contributed by atoms with Crippen molar-refractivity contribution in [2.75, 3.05) is 24.3 Å². The smallest absolute Gasteiger partial charge is 0.410 e. The van der Waals surface area contributed by atoms with Gasteiger partial charge in [0, 0.05) is 35.6 Å². The summed E-state index contributed by atoms with van der Waals surface area (Å²) in [7, 11) is 1.67. The van der Waals surface area contributed by atoms with Crippen LogP contribution in [0, 0.1) is 0 Å². The van der Waals surface area contributed by atoms with Crippen molar-refractivity contribution in [2.24, 2.45) is 0 Å². The Kier molecular flexibility index (Phi) is 8.67. The number of rotatable bonds is 7. The lowest BCUT2D eigenvalue weighted by Crippen LogP contribution is -2.39. The standard InChI is InChI=1S/C40H38N6O4/c1-40(2,3)50-39(48)45-21-19-29-22-30(12-13-31(29)25-45)37(47)42-32-14-16-33(17-15-32)43-38-44-36(24-34-18-20-41-46(34)38)27-10-8-26(9-11-27)28-6-5-7-35(23-28)49-4/h5-18,20,22-24H,19,21,25H2,1-4H3,(H,42,47)(H,43,44). The molecule has 0 unspecified atom stereocenters. The molecule has 0 fully saturated rings. The maximum atomic E-state index is 13.2. The summed E-state index contributed by atoms with van der Waals surface area (Å²) in [5.41, 5.74) is 8.40. The van der Waals surface area contributed by atoms with E-state index in [2.05, 4.69) is 46.1 Å². The summed E-state index contributed by atoms with van der Waals surface area (Å²) >= 11 is 0. The highest BCUT2D eigenvalue weighted by Crippen LogP contribution is 2.29. The minimum Gasteiger partial charge on any atom is -0.497 e. The molecule has 2 N–H and O–H groups in total. The Hall–Kier alpha value is -6.16. The van der Waals surface area contributed by atoms with Gasteiger partial charge < -0.3 is 25.0 Å². The van der Waals surface area contributed by atoms with Gasteiger partial charge in [0.2, 0.25) is 5.95 Å². The molecule has 3 heterocycles. The SMILES string of the molecule is COc1cccc(-c2ccc(-c3cc4ccnn4c(Nc4ccc(NC(=O)c5ccc6c(c5)CCN(C(=O)OC(C)(C)C)C6)cc4)n3)cc2)c1. The molecule has 0 saturated carbocycles. The first kappa shape index (κ1) is 32.4.